The van der Waals surface area contributed by atoms with Gasteiger partial charge >= 0.3 is 0 Å². The Morgan fingerprint density at radius 1 is 1.19 bits per heavy atom. The van der Waals surface area contributed by atoms with Crippen molar-refractivity contribution in [2.24, 2.45) is 5.73 Å². The standard InChI is InChI=1S/C14H17F3N2O2/c15-11-8-13(17)12(16)6-9(11)5-10(18)7-14(20)19-1-3-21-4-2-19/h6,8,10H,1-5,7,18H2/t10-/m1/s1. The number of carbonyl (C=O) groups is 1. The molecule has 1 heterocycles. The lowest BCUT2D eigenvalue weighted by Crippen LogP contribution is -2.43. The molecule has 0 aromatic heterocycles. The van der Waals surface area contributed by atoms with E-state index >= 15 is 0 Å². The van der Waals surface area contributed by atoms with Crippen LogP contribution in [0.15, 0.2) is 12.1 Å². The third kappa shape index (κ3) is 4.18. The van der Waals surface area contributed by atoms with Crippen LogP contribution in [0.5, 0.6) is 0 Å². The van der Waals surface area contributed by atoms with Crippen molar-refractivity contribution in [3.05, 3.63) is 35.1 Å². The molecule has 1 aromatic rings. The second-order valence-electron chi connectivity index (χ2n) is 5.02. The lowest BCUT2D eigenvalue weighted by Gasteiger charge is -2.27. The number of halogens is 3. The van der Waals surface area contributed by atoms with Crippen molar-refractivity contribution in [3.8, 4) is 0 Å². The number of hydrogen-bond acceptors (Lipinski definition) is 3. The summed E-state index contributed by atoms with van der Waals surface area (Å²) in [4.78, 5) is 13.6. The highest BCUT2D eigenvalue weighted by Crippen LogP contribution is 2.16. The maximum Gasteiger partial charge on any atom is 0.224 e. The van der Waals surface area contributed by atoms with Gasteiger partial charge in [-0.25, -0.2) is 13.2 Å². The van der Waals surface area contributed by atoms with E-state index in [-0.39, 0.29) is 24.3 Å². The van der Waals surface area contributed by atoms with Gasteiger partial charge in [-0.3, -0.25) is 4.79 Å². The van der Waals surface area contributed by atoms with Crippen molar-refractivity contribution < 1.29 is 22.7 Å². The Hall–Kier alpha value is -1.60. The summed E-state index contributed by atoms with van der Waals surface area (Å²) in [6.45, 7) is 1.98. The Morgan fingerprint density at radius 2 is 1.81 bits per heavy atom. The van der Waals surface area contributed by atoms with Crippen molar-refractivity contribution in [1.82, 2.24) is 4.90 Å². The van der Waals surface area contributed by atoms with Gasteiger partial charge in [-0.05, 0) is 18.1 Å². The predicted octanol–water partition coefficient (Wildman–Crippen LogP) is 1.22. The largest absolute Gasteiger partial charge is 0.378 e. The first-order valence-electron chi connectivity index (χ1n) is 6.72. The predicted molar refractivity (Wildman–Crippen MR) is 70.0 cm³/mol. The number of ether oxygens (including phenoxy) is 1. The molecule has 1 aliphatic heterocycles. The molecular formula is C14H17F3N2O2. The number of carbonyl (C=O) groups excluding carboxylic acids is 1. The molecule has 7 heteroatoms. The molecule has 2 rings (SSSR count). The van der Waals surface area contributed by atoms with Crippen LogP contribution in [-0.2, 0) is 16.0 Å². The van der Waals surface area contributed by atoms with Gasteiger partial charge in [0.15, 0.2) is 11.6 Å². The summed E-state index contributed by atoms with van der Waals surface area (Å²) in [6.07, 6.45) is -0.00243. The molecule has 1 aromatic carbocycles. The van der Waals surface area contributed by atoms with E-state index in [2.05, 4.69) is 0 Å². The Balaban J connectivity index is 1.93. The molecule has 1 aliphatic rings. The average Bonchev–Trinajstić information content (AvgIpc) is 2.45. The van der Waals surface area contributed by atoms with Gasteiger partial charge in [0.2, 0.25) is 5.91 Å². The van der Waals surface area contributed by atoms with Crippen LogP contribution in [0.1, 0.15) is 12.0 Å². The monoisotopic (exact) mass is 302 g/mol. The Morgan fingerprint density at radius 3 is 2.48 bits per heavy atom. The van der Waals surface area contributed by atoms with Gasteiger partial charge in [0.05, 0.1) is 13.2 Å². The van der Waals surface area contributed by atoms with Crippen LogP contribution >= 0.6 is 0 Å². The second kappa shape index (κ2) is 6.91. The molecule has 1 amide bonds. The topological polar surface area (TPSA) is 55.6 Å². The first-order chi connectivity index (χ1) is 9.97. The van der Waals surface area contributed by atoms with E-state index in [9.17, 15) is 18.0 Å². The number of nitrogens with two attached hydrogens (primary N) is 1. The van der Waals surface area contributed by atoms with Crippen molar-refractivity contribution in [3.63, 3.8) is 0 Å². The zero-order valence-electron chi connectivity index (χ0n) is 11.4. The molecule has 0 aliphatic carbocycles. The van der Waals surface area contributed by atoms with Crippen molar-refractivity contribution in [2.45, 2.75) is 18.9 Å². The lowest BCUT2D eigenvalue weighted by molar-refractivity contribution is -0.135. The fraction of sp³-hybridized carbons (Fsp3) is 0.500. The number of rotatable bonds is 4. The summed E-state index contributed by atoms with van der Waals surface area (Å²) in [6, 6.07) is 0.616. The first-order valence-corrected chi connectivity index (χ1v) is 6.72. The molecule has 0 unspecified atom stereocenters. The highest BCUT2D eigenvalue weighted by atomic mass is 19.2. The van der Waals surface area contributed by atoms with Crippen LogP contribution < -0.4 is 5.73 Å². The molecule has 0 saturated carbocycles. The first kappa shape index (κ1) is 15.8. The molecular weight excluding hydrogens is 285 g/mol. The number of amides is 1. The Bertz CT molecular complexity index is 519. The van der Waals surface area contributed by atoms with Crippen LogP contribution in [-0.4, -0.2) is 43.2 Å². The minimum atomic E-state index is -1.24. The molecule has 1 saturated heterocycles. The summed E-state index contributed by atoms with van der Waals surface area (Å²) >= 11 is 0. The molecule has 2 N–H and O–H groups in total. The van der Waals surface area contributed by atoms with E-state index in [1.165, 1.54) is 0 Å². The summed E-state index contributed by atoms with van der Waals surface area (Å²) in [5, 5.41) is 0. The molecule has 116 valence electrons. The van der Waals surface area contributed by atoms with Gasteiger partial charge in [-0.2, -0.15) is 0 Å². The van der Waals surface area contributed by atoms with E-state index in [0.29, 0.717) is 32.4 Å². The van der Waals surface area contributed by atoms with Gasteiger partial charge in [0, 0.05) is 31.6 Å². The molecule has 21 heavy (non-hydrogen) atoms. The third-order valence-corrected chi connectivity index (χ3v) is 3.37. The summed E-state index contributed by atoms with van der Waals surface area (Å²) in [5.41, 5.74) is 5.78. The van der Waals surface area contributed by atoms with Crippen LogP contribution in [0, 0.1) is 17.5 Å². The molecule has 0 bridgehead atoms. The second-order valence-corrected chi connectivity index (χ2v) is 5.02. The maximum absolute atomic E-state index is 13.5. The van der Waals surface area contributed by atoms with E-state index in [1.54, 1.807) is 4.90 Å². The van der Waals surface area contributed by atoms with E-state index < -0.39 is 23.5 Å². The molecule has 0 radical (unpaired) electrons. The minimum Gasteiger partial charge on any atom is -0.378 e. The number of benzene rings is 1. The highest BCUT2D eigenvalue weighted by molar-refractivity contribution is 5.76. The highest BCUT2D eigenvalue weighted by Gasteiger charge is 2.20. The Labute approximate surface area is 120 Å². The van der Waals surface area contributed by atoms with Crippen molar-refractivity contribution in [1.29, 1.82) is 0 Å². The van der Waals surface area contributed by atoms with Crippen LogP contribution in [0.4, 0.5) is 13.2 Å². The summed E-state index contributed by atoms with van der Waals surface area (Å²) < 4.78 is 44.6. The zero-order chi connectivity index (χ0) is 15.4. The van der Waals surface area contributed by atoms with E-state index in [4.69, 9.17) is 10.5 Å². The molecule has 0 spiro atoms. The fourth-order valence-electron chi connectivity index (χ4n) is 2.24. The average molecular weight is 302 g/mol. The van der Waals surface area contributed by atoms with Crippen LogP contribution in [0.2, 0.25) is 0 Å². The molecule has 1 atom stereocenters. The smallest absolute Gasteiger partial charge is 0.224 e. The quantitative estimate of drug-likeness (QED) is 0.851. The number of hydrogen-bond donors (Lipinski definition) is 1. The number of nitrogens with zero attached hydrogens (tertiary/aromatic N) is 1. The number of morpholine rings is 1. The third-order valence-electron chi connectivity index (χ3n) is 3.37. The van der Waals surface area contributed by atoms with Gasteiger partial charge in [-0.1, -0.05) is 0 Å². The van der Waals surface area contributed by atoms with Crippen molar-refractivity contribution in [2.75, 3.05) is 26.3 Å². The van der Waals surface area contributed by atoms with Crippen LogP contribution in [0.25, 0.3) is 0 Å². The minimum absolute atomic E-state index is 0.0262. The van der Waals surface area contributed by atoms with Gasteiger partial charge in [0.1, 0.15) is 5.82 Å². The maximum atomic E-state index is 13.5. The lowest BCUT2D eigenvalue weighted by atomic mass is 10.0. The summed E-state index contributed by atoms with van der Waals surface area (Å²) in [7, 11) is 0. The molecule has 4 nitrogen and oxygen atoms in total. The van der Waals surface area contributed by atoms with Crippen LogP contribution in [0.3, 0.4) is 0 Å². The van der Waals surface area contributed by atoms with E-state index in [0.717, 1.165) is 6.07 Å². The zero-order valence-corrected chi connectivity index (χ0v) is 11.4. The SMILES string of the molecule is N[C@@H](CC(=O)N1CCOCC1)Cc1cc(F)c(F)cc1F. The van der Waals surface area contributed by atoms with Gasteiger partial charge < -0.3 is 15.4 Å². The fourth-order valence-corrected chi connectivity index (χ4v) is 2.24. The summed E-state index contributed by atoms with van der Waals surface area (Å²) in [5.74, 6) is -3.37. The van der Waals surface area contributed by atoms with Gasteiger partial charge in [0.25, 0.3) is 0 Å². The molecule has 1 fully saturated rings. The van der Waals surface area contributed by atoms with Crippen molar-refractivity contribution >= 4 is 5.91 Å². The van der Waals surface area contributed by atoms with E-state index in [1.807, 2.05) is 0 Å². The normalized spacial score (nSPS) is 16.9. The van der Waals surface area contributed by atoms with Gasteiger partial charge in [-0.15, -0.1) is 0 Å². The Kier molecular flexibility index (Phi) is 5.19.